The highest BCUT2D eigenvalue weighted by Gasteiger charge is 2.12. The Kier molecular flexibility index (Phi) is 2.52. The van der Waals surface area contributed by atoms with Crippen molar-refractivity contribution in [2.45, 2.75) is 6.92 Å². The van der Waals surface area contributed by atoms with E-state index in [9.17, 15) is 0 Å². The summed E-state index contributed by atoms with van der Waals surface area (Å²) < 4.78 is 6.48. The summed E-state index contributed by atoms with van der Waals surface area (Å²) in [5, 5.41) is 2.29. The minimum Gasteiger partial charge on any atom is -0.483 e. The molecule has 0 radical (unpaired) electrons. The number of hydrogen-bond acceptors (Lipinski definition) is 3. The fourth-order valence-corrected chi connectivity index (χ4v) is 2.81. The lowest BCUT2D eigenvalue weighted by Gasteiger charge is -1.98. The zero-order chi connectivity index (χ0) is 10.1. The molecule has 4 heteroatoms. The first-order valence-electron chi connectivity index (χ1n) is 4.33. The summed E-state index contributed by atoms with van der Waals surface area (Å²) in [6, 6.07) is 5.75. The van der Waals surface area contributed by atoms with Crippen LogP contribution in [0.2, 0.25) is 5.02 Å². The van der Waals surface area contributed by atoms with Gasteiger partial charge in [-0.25, -0.2) is 0 Å². The Labute approximate surface area is 91.2 Å². The first-order valence-corrected chi connectivity index (χ1v) is 5.52. The van der Waals surface area contributed by atoms with Crippen LogP contribution in [0.25, 0.3) is 10.1 Å². The first kappa shape index (κ1) is 9.62. The Morgan fingerprint density at radius 3 is 2.93 bits per heavy atom. The molecule has 0 aliphatic heterocycles. The Hall–Kier alpha value is -0.930. The normalized spacial score (nSPS) is 10.7. The van der Waals surface area contributed by atoms with E-state index in [-0.39, 0.29) is 0 Å². The second kappa shape index (κ2) is 3.67. The number of halogens is 1. The van der Waals surface area contributed by atoms with E-state index in [1.165, 1.54) is 11.3 Å². The van der Waals surface area contributed by atoms with Gasteiger partial charge in [-0.1, -0.05) is 29.0 Å². The molecule has 0 unspecified atom stereocenters. The van der Waals surface area contributed by atoms with E-state index < -0.39 is 0 Å². The van der Waals surface area contributed by atoms with Crippen molar-refractivity contribution in [2.24, 2.45) is 0 Å². The van der Waals surface area contributed by atoms with E-state index in [1.54, 1.807) is 0 Å². The van der Waals surface area contributed by atoms with Crippen LogP contribution in [0.1, 0.15) is 6.92 Å². The van der Waals surface area contributed by atoms with Crippen molar-refractivity contribution >= 4 is 38.7 Å². The van der Waals surface area contributed by atoms with Crippen molar-refractivity contribution in [1.82, 2.24) is 0 Å². The predicted molar refractivity (Wildman–Crippen MR) is 62.4 cm³/mol. The van der Waals surface area contributed by atoms with Gasteiger partial charge < -0.3 is 10.5 Å². The van der Waals surface area contributed by atoms with Crippen molar-refractivity contribution in [3.8, 4) is 5.06 Å². The minimum absolute atomic E-state index is 0.618. The van der Waals surface area contributed by atoms with Gasteiger partial charge in [0.1, 0.15) is 5.02 Å². The SMILES string of the molecule is CCOc1sc2cccc(N)c2c1Cl. The molecule has 14 heavy (non-hydrogen) atoms. The highest BCUT2D eigenvalue weighted by molar-refractivity contribution is 7.21. The van der Waals surface area contributed by atoms with E-state index in [4.69, 9.17) is 22.1 Å². The average molecular weight is 228 g/mol. The van der Waals surface area contributed by atoms with Gasteiger partial charge in [0.05, 0.1) is 6.61 Å². The van der Waals surface area contributed by atoms with Gasteiger partial charge in [0.2, 0.25) is 0 Å². The third-order valence-electron chi connectivity index (χ3n) is 1.94. The van der Waals surface area contributed by atoms with Crippen molar-refractivity contribution < 1.29 is 4.74 Å². The van der Waals surface area contributed by atoms with Gasteiger partial charge in [0, 0.05) is 15.8 Å². The van der Waals surface area contributed by atoms with Crippen LogP contribution in [-0.4, -0.2) is 6.61 Å². The summed E-state index contributed by atoms with van der Waals surface area (Å²) in [7, 11) is 0. The molecule has 2 N–H and O–H groups in total. The van der Waals surface area contributed by atoms with Crippen LogP contribution >= 0.6 is 22.9 Å². The van der Waals surface area contributed by atoms with Gasteiger partial charge in [0.25, 0.3) is 0 Å². The number of benzene rings is 1. The molecule has 0 saturated carbocycles. The van der Waals surface area contributed by atoms with Gasteiger partial charge in [0.15, 0.2) is 5.06 Å². The van der Waals surface area contributed by atoms with E-state index >= 15 is 0 Å². The molecule has 0 aliphatic rings. The molecule has 0 atom stereocenters. The zero-order valence-corrected chi connectivity index (χ0v) is 9.28. The molecule has 0 fully saturated rings. The minimum atomic E-state index is 0.618. The number of nitrogen functional groups attached to an aromatic ring is 1. The number of hydrogen-bond donors (Lipinski definition) is 1. The van der Waals surface area contributed by atoms with Gasteiger partial charge in [-0.3, -0.25) is 0 Å². The Balaban J connectivity index is 2.68. The van der Waals surface area contributed by atoms with E-state index in [0.29, 0.717) is 17.3 Å². The zero-order valence-electron chi connectivity index (χ0n) is 7.71. The van der Waals surface area contributed by atoms with E-state index in [2.05, 4.69) is 0 Å². The number of rotatable bonds is 2. The monoisotopic (exact) mass is 227 g/mol. The molecule has 0 spiro atoms. The topological polar surface area (TPSA) is 35.2 Å². The summed E-state index contributed by atoms with van der Waals surface area (Å²) in [5.74, 6) is 0. The fourth-order valence-electron chi connectivity index (χ4n) is 1.34. The Morgan fingerprint density at radius 2 is 2.29 bits per heavy atom. The molecule has 0 aliphatic carbocycles. The van der Waals surface area contributed by atoms with Crippen LogP contribution in [0.5, 0.6) is 5.06 Å². The van der Waals surface area contributed by atoms with Crippen molar-refractivity contribution in [1.29, 1.82) is 0 Å². The predicted octanol–water partition coefficient (Wildman–Crippen LogP) is 3.54. The van der Waals surface area contributed by atoms with Crippen LogP contribution < -0.4 is 10.5 Å². The van der Waals surface area contributed by atoms with Crippen molar-refractivity contribution in [3.05, 3.63) is 23.2 Å². The molecular weight excluding hydrogens is 218 g/mol. The standard InChI is InChI=1S/C10H10ClNOS/c1-2-13-10-9(11)8-6(12)4-3-5-7(8)14-10/h3-5H,2,12H2,1H3. The summed E-state index contributed by atoms with van der Waals surface area (Å²) >= 11 is 7.68. The second-order valence-electron chi connectivity index (χ2n) is 2.86. The van der Waals surface area contributed by atoms with Crippen LogP contribution in [-0.2, 0) is 0 Å². The number of ether oxygens (including phenoxy) is 1. The highest BCUT2D eigenvalue weighted by atomic mass is 35.5. The maximum atomic E-state index is 6.15. The first-order chi connectivity index (χ1) is 6.74. The molecular formula is C10H10ClNOS. The van der Waals surface area contributed by atoms with Crippen molar-refractivity contribution in [2.75, 3.05) is 12.3 Å². The Morgan fingerprint density at radius 1 is 1.50 bits per heavy atom. The number of nitrogens with two attached hydrogens (primary N) is 1. The fraction of sp³-hybridized carbons (Fsp3) is 0.200. The third-order valence-corrected chi connectivity index (χ3v) is 3.48. The van der Waals surface area contributed by atoms with Crippen LogP contribution in [0.15, 0.2) is 18.2 Å². The average Bonchev–Trinajstić information content (AvgIpc) is 2.46. The lowest BCUT2D eigenvalue weighted by molar-refractivity contribution is 0.351. The van der Waals surface area contributed by atoms with Gasteiger partial charge >= 0.3 is 0 Å². The van der Waals surface area contributed by atoms with E-state index in [1.807, 2.05) is 25.1 Å². The molecule has 0 amide bonds. The lowest BCUT2D eigenvalue weighted by atomic mass is 10.2. The summed E-state index contributed by atoms with van der Waals surface area (Å²) in [5.41, 5.74) is 6.54. The quantitative estimate of drug-likeness (QED) is 0.797. The molecule has 2 rings (SSSR count). The van der Waals surface area contributed by atoms with Crippen LogP contribution in [0.3, 0.4) is 0 Å². The number of thiophene rings is 1. The molecule has 1 heterocycles. The molecule has 1 aromatic carbocycles. The summed E-state index contributed by atoms with van der Waals surface area (Å²) in [4.78, 5) is 0. The largest absolute Gasteiger partial charge is 0.483 e. The molecule has 0 bridgehead atoms. The van der Waals surface area contributed by atoms with Gasteiger partial charge in [-0.05, 0) is 19.1 Å². The van der Waals surface area contributed by atoms with Gasteiger partial charge in [-0.15, -0.1) is 0 Å². The summed E-state index contributed by atoms with van der Waals surface area (Å²) in [6.07, 6.45) is 0. The summed E-state index contributed by atoms with van der Waals surface area (Å²) in [6.45, 7) is 2.55. The molecule has 74 valence electrons. The highest BCUT2D eigenvalue weighted by Crippen LogP contribution is 2.43. The van der Waals surface area contributed by atoms with Gasteiger partial charge in [-0.2, -0.15) is 0 Å². The smallest absolute Gasteiger partial charge is 0.194 e. The number of fused-ring (bicyclic) bond motifs is 1. The number of anilines is 1. The van der Waals surface area contributed by atoms with Crippen LogP contribution in [0, 0.1) is 0 Å². The maximum absolute atomic E-state index is 6.15. The van der Waals surface area contributed by atoms with Crippen LogP contribution in [0.4, 0.5) is 5.69 Å². The molecule has 2 nitrogen and oxygen atoms in total. The Bertz CT molecular complexity index is 466. The second-order valence-corrected chi connectivity index (χ2v) is 4.25. The molecule has 0 saturated heterocycles. The van der Waals surface area contributed by atoms with E-state index in [0.717, 1.165) is 15.1 Å². The molecule has 1 aromatic heterocycles. The molecule has 2 aromatic rings. The van der Waals surface area contributed by atoms with Crippen molar-refractivity contribution in [3.63, 3.8) is 0 Å². The lowest BCUT2D eigenvalue weighted by Crippen LogP contribution is -1.88. The maximum Gasteiger partial charge on any atom is 0.194 e. The third kappa shape index (κ3) is 1.42.